The predicted octanol–water partition coefficient (Wildman–Crippen LogP) is 2.91. The molecule has 0 unspecified atom stereocenters. The highest BCUT2D eigenvalue weighted by Gasteiger charge is 2.28. The third kappa shape index (κ3) is 4.48. The van der Waals surface area contributed by atoms with E-state index in [-0.39, 0.29) is 4.90 Å². The number of aryl methyl sites for hydroxylation is 1. The average Bonchev–Trinajstić information content (AvgIpc) is 2.95. The van der Waals surface area contributed by atoms with E-state index in [2.05, 4.69) is 24.0 Å². The van der Waals surface area contributed by atoms with E-state index in [4.69, 9.17) is 9.47 Å². The number of hydrogen-bond donors (Lipinski definition) is 0. The summed E-state index contributed by atoms with van der Waals surface area (Å²) in [7, 11) is -0.541. The van der Waals surface area contributed by atoms with Gasteiger partial charge in [-0.15, -0.1) is 0 Å². The number of ether oxygens (including phenoxy) is 2. The lowest BCUT2D eigenvalue weighted by molar-refractivity contribution is 0.278. The van der Waals surface area contributed by atoms with Crippen LogP contribution in [0.25, 0.3) is 0 Å². The van der Waals surface area contributed by atoms with E-state index in [9.17, 15) is 8.42 Å². The molecule has 6 nitrogen and oxygen atoms in total. The monoisotopic (exact) mass is 404 g/mol. The quantitative estimate of drug-likeness (QED) is 0.741. The number of sulfonamides is 1. The summed E-state index contributed by atoms with van der Waals surface area (Å²) in [6.45, 7) is 5.54. The molecule has 0 aromatic heterocycles. The Kier molecular flexibility index (Phi) is 6.59. The first kappa shape index (κ1) is 20.6. The van der Waals surface area contributed by atoms with Gasteiger partial charge in [0.1, 0.15) is 0 Å². The summed E-state index contributed by atoms with van der Waals surface area (Å²) in [6, 6.07) is 13.1. The molecule has 2 aromatic carbocycles. The Bertz CT molecular complexity index is 914. The van der Waals surface area contributed by atoms with Crippen LogP contribution in [0.15, 0.2) is 47.4 Å². The molecule has 0 N–H and O–H groups in total. The molecule has 0 saturated carbocycles. The molecule has 3 rings (SSSR count). The van der Waals surface area contributed by atoms with Crippen LogP contribution in [0.4, 0.5) is 0 Å². The van der Waals surface area contributed by atoms with Crippen molar-refractivity contribution < 1.29 is 17.9 Å². The Hall–Kier alpha value is -2.09. The topological polar surface area (TPSA) is 59.1 Å². The van der Waals surface area contributed by atoms with Gasteiger partial charge < -0.3 is 9.47 Å². The van der Waals surface area contributed by atoms with Crippen molar-refractivity contribution >= 4 is 10.0 Å². The lowest BCUT2D eigenvalue weighted by Crippen LogP contribution is -2.35. The summed E-state index contributed by atoms with van der Waals surface area (Å²) in [6.07, 6.45) is 0.804. The number of methoxy groups -OCH3 is 2. The second-order valence-electron chi connectivity index (χ2n) is 6.98. The van der Waals surface area contributed by atoms with Crippen LogP contribution in [0.1, 0.15) is 17.5 Å². The fraction of sp³-hybridized carbons (Fsp3) is 0.429. The molecular weight excluding hydrogens is 376 g/mol. The summed E-state index contributed by atoms with van der Waals surface area (Å²) < 4.78 is 38.3. The first-order chi connectivity index (χ1) is 13.5. The molecule has 0 amide bonds. The minimum absolute atomic E-state index is 0.234. The van der Waals surface area contributed by atoms with Gasteiger partial charge in [-0.2, -0.15) is 4.31 Å². The molecule has 0 spiro atoms. The molecule has 2 aromatic rings. The SMILES string of the molecule is COc1ccc(S(=O)(=O)N2CCCN(Cc3ccccc3C)CC2)cc1OC. The van der Waals surface area contributed by atoms with Crippen molar-refractivity contribution in [3.8, 4) is 11.5 Å². The lowest BCUT2D eigenvalue weighted by Gasteiger charge is -2.22. The summed E-state index contributed by atoms with van der Waals surface area (Å²) in [5, 5.41) is 0. The first-order valence-electron chi connectivity index (χ1n) is 9.44. The van der Waals surface area contributed by atoms with Gasteiger partial charge in [0.25, 0.3) is 0 Å². The maximum Gasteiger partial charge on any atom is 0.243 e. The van der Waals surface area contributed by atoms with E-state index in [1.54, 1.807) is 16.4 Å². The van der Waals surface area contributed by atoms with Crippen molar-refractivity contribution in [2.75, 3.05) is 40.4 Å². The Morgan fingerprint density at radius 3 is 2.39 bits per heavy atom. The number of nitrogens with zero attached hydrogens (tertiary/aromatic N) is 2. The second-order valence-corrected chi connectivity index (χ2v) is 8.91. The van der Waals surface area contributed by atoms with Gasteiger partial charge >= 0.3 is 0 Å². The Morgan fingerprint density at radius 2 is 1.68 bits per heavy atom. The number of hydrogen-bond acceptors (Lipinski definition) is 5. The first-order valence-corrected chi connectivity index (χ1v) is 10.9. The van der Waals surface area contributed by atoms with Crippen LogP contribution < -0.4 is 9.47 Å². The highest BCUT2D eigenvalue weighted by Crippen LogP contribution is 2.31. The largest absolute Gasteiger partial charge is 0.493 e. The van der Waals surface area contributed by atoms with Crippen LogP contribution >= 0.6 is 0 Å². The highest BCUT2D eigenvalue weighted by atomic mass is 32.2. The number of benzene rings is 2. The summed E-state index contributed by atoms with van der Waals surface area (Å²) >= 11 is 0. The maximum atomic E-state index is 13.1. The highest BCUT2D eigenvalue weighted by molar-refractivity contribution is 7.89. The van der Waals surface area contributed by atoms with Gasteiger partial charge in [-0.05, 0) is 43.1 Å². The Morgan fingerprint density at radius 1 is 0.929 bits per heavy atom. The zero-order valence-corrected chi connectivity index (χ0v) is 17.5. The predicted molar refractivity (Wildman–Crippen MR) is 109 cm³/mol. The van der Waals surface area contributed by atoms with Crippen LogP contribution in [0, 0.1) is 6.92 Å². The fourth-order valence-electron chi connectivity index (χ4n) is 3.50. The average molecular weight is 405 g/mol. The lowest BCUT2D eigenvalue weighted by atomic mass is 10.1. The van der Waals surface area contributed by atoms with Crippen LogP contribution in [0.3, 0.4) is 0 Å². The van der Waals surface area contributed by atoms with E-state index in [0.29, 0.717) is 31.1 Å². The molecule has 152 valence electrons. The van der Waals surface area contributed by atoms with Crippen LogP contribution in [0.5, 0.6) is 11.5 Å². The van der Waals surface area contributed by atoms with Crippen molar-refractivity contribution in [1.29, 1.82) is 0 Å². The van der Waals surface area contributed by atoms with E-state index in [1.807, 2.05) is 12.1 Å². The summed E-state index contributed by atoms with van der Waals surface area (Å²) in [4.78, 5) is 2.56. The molecule has 1 fully saturated rings. The van der Waals surface area contributed by atoms with Crippen molar-refractivity contribution in [1.82, 2.24) is 9.21 Å². The smallest absolute Gasteiger partial charge is 0.243 e. The molecule has 1 aliphatic heterocycles. The third-order valence-corrected chi connectivity index (χ3v) is 7.09. The molecule has 1 heterocycles. The molecule has 0 radical (unpaired) electrons. The van der Waals surface area contributed by atoms with Gasteiger partial charge in [-0.1, -0.05) is 24.3 Å². The van der Waals surface area contributed by atoms with E-state index in [1.165, 1.54) is 31.4 Å². The van der Waals surface area contributed by atoms with Crippen molar-refractivity contribution in [3.63, 3.8) is 0 Å². The maximum absolute atomic E-state index is 13.1. The van der Waals surface area contributed by atoms with Gasteiger partial charge in [0.15, 0.2) is 11.5 Å². The normalized spacial score (nSPS) is 16.5. The molecule has 0 aliphatic carbocycles. The van der Waals surface area contributed by atoms with Gasteiger partial charge in [0.2, 0.25) is 10.0 Å². The van der Waals surface area contributed by atoms with Crippen molar-refractivity contribution in [3.05, 3.63) is 53.6 Å². The van der Waals surface area contributed by atoms with E-state index < -0.39 is 10.0 Å². The standard InChI is InChI=1S/C21H28N2O4S/c1-17-7-4-5-8-18(17)16-22-11-6-12-23(14-13-22)28(24,25)19-9-10-20(26-2)21(15-19)27-3/h4-5,7-10,15H,6,11-14,16H2,1-3H3. The molecule has 0 bridgehead atoms. The third-order valence-electron chi connectivity index (χ3n) is 5.20. The molecule has 28 heavy (non-hydrogen) atoms. The minimum Gasteiger partial charge on any atom is -0.493 e. The Balaban J connectivity index is 1.73. The van der Waals surface area contributed by atoms with Gasteiger partial charge in [-0.3, -0.25) is 4.90 Å². The second kappa shape index (κ2) is 8.94. The van der Waals surface area contributed by atoms with Crippen molar-refractivity contribution in [2.45, 2.75) is 24.8 Å². The number of rotatable bonds is 6. The van der Waals surface area contributed by atoms with Crippen LogP contribution in [-0.4, -0.2) is 58.0 Å². The molecule has 1 saturated heterocycles. The Labute approximate surface area is 167 Å². The van der Waals surface area contributed by atoms with Crippen LogP contribution in [0.2, 0.25) is 0 Å². The van der Waals surface area contributed by atoms with Crippen molar-refractivity contribution in [2.24, 2.45) is 0 Å². The zero-order chi connectivity index (χ0) is 20.1. The van der Waals surface area contributed by atoms with E-state index >= 15 is 0 Å². The minimum atomic E-state index is -3.58. The summed E-state index contributed by atoms with van der Waals surface area (Å²) in [5.41, 5.74) is 2.56. The van der Waals surface area contributed by atoms with E-state index in [0.717, 1.165) is 19.5 Å². The molecule has 0 atom stereocenters. The molecular formula is C21H28N2O4S. The molecule has 7 heteroatoms. The van der Waals surface area contributed by atoms with Crippen LogP contribution in [-0.2, 0) is 16.6 Å². The van der Waals surface area contributed by atoms with Gasteiger partial charge in [0, 0.05) is 32.2 Å². The van der Waals surface area contributed by atoms with Gasteiger partial charge in [0.05, 0.1) is 19.1 Å². The van der Waals surface area contributed by atoms with Gasteiger partial charge in [-0.25, -0.2) is 8.42 Å². The molecule has 1 aliphatic rings. The summed E-state index contributed by atoms with van der Waals surface area (Å²) in [5.74, 6) is 0.932. The fourth-order valence-corrected chi connectivity index (χ4v) is 4.99. The zero-order valence-electron chi connectivity index (χ0n) is 16.7.